The van der Waals surface area contributed by atoms with Crippen LogP contribution in [0.5, 0.6) is 0 Å². The van der Waals surface area contributed by atoms with Crippen LogP contribution < -0.4 is 9.62 Å². The maximum Gasteiger partial charge on any atom is 0.335 e. The second-order valence-electron chi connectivity index (χ2n) is 7.25. The number of aryl methyl sites for hydroxylation is 2. The van der Waals surface area contributed by atoms with Crippen molar-refractivity contribution in [3.8, 4) is 0 Å². The molecule has 156 valence electrons. The molecule has 0 fully saturated rings. The van der Waals surface area contributed by atoms with Gasteiger partial charge in [0, 0.05) is 13.6 Å². The smallest absolute Gasteiger partial charge is 0.335 e. The van der Waals surface area contributed by atoms with Crippen molar-refractivity contribution in [2.24, 2.45) is 0 Å². The SMILES string of the molecule is Cc1ccc(C)c(S(=O)(=O)Nc2cc(C(=O)O)ccc2N(C)Cc2ccccc2)c1. The first-order valence-electron chi connectivity index (χ1n) is 9.40. The van der Waals surface area contributed by atoms with E-state index in [1.807, 2.05) is 55.3 Å². The Morgan fingerprint density at radius 1 is 1.00 bits per heavy atom. The molecular weight excluding hydrogens is 400 g/mol. The Labute approximate surface area is 176 Å². The molecule has 0 radical (unpaired) electrons. The minimum Gasteiger partial charge on any atom is -0.478 e. The highest BCUT2D eigenvalue weighted by Gasteiger charge is 2.21. The maximum atomic E-state index is 13.1. The van der Waals surface area contributed by atoms with Gasteiger partial charge in [0.15, 0.2) is 0 Å². The topological polar surface area (TPSA) is 86.7 Å². The molecule has 3 aromatic rings. The van der Waals surface area contributed by atoms with Crippen LogP contribution in [0.4, 0.5) is 11.4 Å². The van der Waals surface area contributed by atoms with Crippen LogP contribution in [0.25, 0.3) is 0 Å². The van der Waals surface area contributed by atoms with Crippen LogP contribution in [0.1, 0.15) is 27.0 Å². The summed E-state index contributed by atoms with van der Waals surface area (Å²) in [5.41, 5.74) is 3.28. The molecule has 0 atom stereocenters. The van der Waals surface area contributed by atoms with Crippen LogP contribution in [0, 0.1) is 13.8 Å². The predicted molar refractivity (Wildman–Crippen MR) is 119 cm³/mol. The molecule has 0 unspecified atom stereocenters. The second kappa shape index (κ2) is 8.59. The highest BCUT2D eigenvalue weighted by atomic mass is 32.2. The highest BCUT2D eigenvalue weighted by Crippen LogP contribution is 2.30. The first-order chi connectivity index (χ1) is 14.2. The molecule has 0 aliphatic carbocycles. The average Bonchev–Trinajstić information content (AvgIpc) is 2.70. The van der Waals surface area contributed by atoms with Gasteiger partial charge >= 0.3 is 5.97 Å². The molecule has 3 aromatic carbocycles. The van der Waals surface area contributed by atoms with Gasteiger partial charge in [-0.25, -0.2) is 13.2 Å². The quantitative estimate of drug-likeness (QED) is 0.586. The zero-order chi connectivity index (χ0) is 21.9. The Morgan fingerprint density at radius 3 is 2.37 bits per heavy atom. The molecule has 0 bridgehead atoms. The Balaban J connectivity index is 2.02. The molecule has 0 spiro atoms. The van der Waals surface area contributed by atoms with Gasteiger partial charge in [0.05, 0.1) is 21.8 Å². The Bertz CT molecular complexity index is 1180. The molecule has 7 heteroatoms. The van der Waals surface area contributed by atoms with Gasteiger partial charge in [-0.05, 0) is 54.8 Å². The molecule has 0 heterocycles. The van der Waals surface area contributed by atoms with E-state index in [0.717, 1.165) is 11.1 Å². The summed E-state index contributed by atoms with van der Waals surface area (Å²) in [6, 6.07) is 19.4. The Kier molecular flexibility index (Phi) is 6.12. The van der Waals surface area contributed by atoms with Crippen LogP contribution >= 0.6 is 0 Å². The number of carbonyl (C=O) groups is 1. The highest BCUT2D eigenvalue weighted by molar-refractivity contribution is 7.92. The van der Waals surface area contributed by atoms with E-state index < -0.39 is 16.0 Å². The van der Waals surface area contributed by atoms with Crippen molar-refractivity contribution >= 4 is 27.4 Å². The molecule has 0 aliphatic rings. The van der Waals surface area contributed by atoms with Gasteiger partial charge < -0.3 is 10.0 Å². The van der Waals surface area contributed by atoms with Gasteiger partial charge in [-0.15, -0.1) is 0 Å². The van der Waals surface area contributed by atoms with E-state index >= 15 is 0 Å². The normalized spacial score (nSPS) is 11.2. The molecule has 2 N–H and O–H groups in total. The second-order valence-corrected chi connectivity index (χ2v) is 8.90. The minimum absolute atomic E-state index is 0.00512. The van der Waals surface area contributed by atoms with Crippen molar-refractivity contribution in [2.45, 2.75) is 25.3 Å². The number of benzene rings is 3. The number of aromatic carboxylic acids is 1. The molecule has 0 saturated heterocycles. The summed E-state index contributed by atoms with van der Waals surface area (Å²) in [4.78, 5) is 13.5. The van der Waals surface area contributed by atoms with Crippen LogP contribution in [0.2, 0.25) is 0 Å². The maximum absolute atomic E-state index is 13.1. The number of sulfonamides is 1. The fraction of sp³-hybridized carbons (Fsp3) is 0.174. The molecular formula is C23H24N2O4S. The number of hydrogen-bond donors (Lipinski definition) is 2. The van der Waals surface area contributed by atoms with Crippen LogP contribution in [0.15, 0.2) is 71.6 Å². The lowest BCUT2D eigenvalue weighted by Crippen LogP contribution is -2.21. The average molecular weight is 425 g/mol. The van der Waals surface area contributed by atoms with Crippen molar-refractivity contribution in [3.05, 3.63) is 89.0 Å². The van der Waals surface area contributed by atoms with Gasteiger partial charge in [0.25, 0.3) is 10.0 Å². The summed E-state index contributed by atoms with van der Waals surface area (Å²) in [6.45, 7) is 4.08. The summed E-state index contributed by atoms with van der Waals surface area (Å²) < 4.78 is 28.8. The van der Waals surface area contributed by atoms with E-state index in [-0.39, 0.29) is 16.1 Å². The number of carboxylic acids is 1. The first kappa shape index (κ1) is 21.4. The van der Waals surface area contributed by atoms with Gasteiger partial charge in [-0.2, -0.15) is 0 Å². The first-order valence-corrected chi connectivity index (χ1v) is 10.9. The van der Waals surface area contributed by atoms with Crippen molar-refractivity contribution in [3.63, 3.8) is 0 Å². The van der Waals surface area contributed by atoms with Crippen molar-refractivity contribution in [1.29, 1.82) is 0 Å². The third kappa shape index (κ3) is 4.80. The monoisotopic (exact) mass is 424 g/mol. The largest absolute Gasteiger partial charge is 0.478 e. The summed E-state index contributed by atoms with van der Waals surface area (Å²) >= 11 is 0. The number of nitrogens with zero attached hydrogens (tertiary/aromatic N) is 1. The number of anilines is 2. The van der Waals surface area contributed by atoms with E-state index in [4.69, 9.17) is 0 Å². The van der Waals surface area contributed by atoms with E-state index in [0.29, 0.717) is 17.8 Å². The summed E-state index contributed by atoms with van der Waals surface area (Å²) in [5.74, 6) is -1.13. The zero-order valence-corrected chi connectivity index (χ0v) is 17.9. The van der Waals surface area contributed by atoms with E-state index in [2.05, 4.69) is 4.72 Å². The predicted octanol–water partition coefficient (Wildman–Crippen LogP) is 4.44. The van der Waals surface area contributed by atoms with E-state index in [9.17, 15) is 18.3 Å². The number of nitrogens with one attached hydrogen (secondary N) is 1. The van der Waals surface area contributed by atoms with Gasteiger partial charge in [-0.3, -0.25) is 4.72 Å². The molecule has 3 rings (SSSR count). The summed E-state index contributed by atoms with van der Waals surface area (Å²) in [5, 5.41) is 9.38. The molecule has 0 aromatic heterocycles. The van der Waals surface area contributed by atoms with Crippen molar-refractivity contribution in [1.82, 2.24) is 0 Å². The Hall–Kier alpha value is -3.32. The lowest BCUT2D eigenvalue weighted by atomic mass is 10.1. The standard InChI is InChI=1S/C23H24N2O4S/c1-16-9-10-17(2)22(13-16)30(28,29)24-20-14-19(23(26)27)11-12-21(20)25(3)15-18-7-5-4-6-8-18/h4-14,24H,15H2,1-3H3,(H,26,27). The van der Waals surface area contributed by atoms with E-state index in [1.54, 1.807) is 25.1 Å². The van der Waals surface area contributed by atoms with Crippen LogP contribution in [-0.2, 0) is 16.6 Å². The summed E-state index contributed by atoms with van der Waals surface area (Å²) in [7, 11) is -2.08. The van der Waals surface area contributed by atoms with Gasteiger partial charge in [0.2, 0.25) is 0 Å². The minimum atomic E-state index is -3.91. The lowest BCUT2D eigenvalue weighted by molar-refractivity contribution is 0.0697. The fourth-order valence-electron chi connectivity index (χ4n) is 3.22. The number of carboxylic acid groups (broad SMARTS) is 1. The van der Waals surface area contributed by atoms with Crippen molar-refractivity contribution in [2.75, 3.05) is 16.7 Å². The van der Waals surface area contributed by atoms with Crippen molar-refractivity contribution < 1.29 is 18.3 Å². The fourth-order valence-corrected chi connectivity index (χ4v) is 4.62. The third-order valence-corrected chi connectivity index (χ3v) is 6.30. The van der Waals surface area contributed by atoms with E-state index in [1.165, 1.54) is 12.1 Å². The molecule has 30 heavy (non-hydrogen) atoms. The Morgan fingerprint density at radius 2 is 1.70 bits per heavy atom. The molecule has 6 nitrogen and oxygen atoms in total. The third-order valence-electron chi connectivity index (χ3n) is 4.79. The van der Waals surface area contributed by atoms with Crippen LogP contribution in [0.3, 0.4) is 0 Å². The number of hydrogen-bond acceptors (Lipinski definition) is 4. The molecule has 0 aliphatic heterocycles. The van der Waals surface area contributed by atoms with Gasteiger partial charge in [0.1, 0.15) is 0 Å². The summed E-state index contributed by atoms with van der Waals surface area (Å²) in [6.07, 6.45) is 0. The zero-order valence-electron chi connectivity index (χ0n) is 17.1. The molecule has 0 amide bonds. The molecule has 0 saturated carbocycles. The van der Waals surface area contributed by atoms with Crippen LogP contribution in [-0.4, -0.2) is 26.5 Å². The van der Waals surface area contributed by atoms with Gasteiger partial charge in [-0.1, -0.05) is 42.5 Å². The lowest BCUT2D eigenvalue weighted by Gasteiger charge is -2.24. The number of rotatable bonds is 7.